The molecule has 3 rings (SSSR count). The number of aromatic nitrogens is 2. The predicted molar refractivity (Wildman–Crippen MR) is 90.2 cm³/mol. The van der Waals surface area contributed by atoms with Gasteiger partial charge in [-0.3, -0.25) is 0 Å². The van der Waals surface area contributed by atoms with E-state index in [2.05, 4.69) is 4.98 Å². The normalized spacial score (nSPS) is 10.7. The van der Waals surface area contributed by atoms with Gasteiger partial charge in [0, 0.05) is 29.5 Å². The summed E-state index contributed by atoms with van der Waals surface area (Å²) in [5.74, 6) is -0.245. The van der Waals surface area contributed by atoms with E-state index in [4.69, 9.17) is 28.3 Å². The van der Waals surface area contributed by atoms with E-state index in [1.54, 1.807) is 36.5 Å². The molecule has 2 aromatic carbocycles. The van der Waals surface area contributed by atoms with Crippen molar-refractivity contribution in [3.8, 4) is 11.4 Å². The van der Waals surface area contributed by atoms with E-state index >= 15 is 0 Å². The largest absolute Gasteiger partial charge is 0.478 e. The molecule has 0 saturated heterocycles. The molecule has 4 nitrogen and oxygen atoms in total. The molecule has 0 aliphatic carbocycles. The zero-order valence-electron chi connectivity index (χ0n) is 11.9. The van der Waals surface area contributed by atoms with Crippen LogP contribution in [0, 0.1) is 0 Å². The van der Waals surface area contributed by atoms with Gasteiger partial charge in [-0.25, -0.2) is 9.78 Å². The molecule has 0 spiro atoms. The summed E-state index contributed by atoms with van der Waals surface area (Å²) in [6, 6.07) is 12.1. The van der Waals surface area contributed by atoms with E-state index in [-0.39, 0.29) is 5.56 Å². The Morgan fingerprint density at radius 1 is 1.17 bits per heavy atom. The Bertz CT molecular complexity index is 875. The van der Waals surface area contributed by atoms with E-state index < -0.39 is 5.97 Å². The van der Waals surface area contributed by atoms with Crippen LogP contribution in [0.1, 0.15) is 15.9 Å². The molecule has 0 amide bonds. The van der Waals surface area contributed by atoms with Gasteiger partial charge in [0.1, 0.15) is 5.82 Å². The first kappa shape index (κ1) is 15.6. The molecule has 0 radical (unpaired) electrons. The van der Waals surface area contributed by atoms with Crippen LogP contribution in [0.4, 0.5) is 0 Å². The highest BCUT2D eigenvalue weighted by Crippen LogP contribution is 2.29. The molecular weight excluding hydrogens is 335 g/mol. The molecule has 23 heavy (non-hydrogen) atoms. The average molecular weight is 347 g/mol. The van der Waals surface area contributed by atoms with Crippen molar-refractivity contribution in [3.05, 3.63) is 76.0 Å². The lowest BCUT2D eigenvalue weighted by atomic mass is 10.1. The number of carbonyl (C=O) groups is 1. The standard InChI is InChI=1S/C17H12Cl2N2O2/c18-13-4-5-14(15(19)9-13)16-20-6-7-21(16)10-11-2-1-3-12(8-11)17(22)23/h1-9H,10H2,(H,22,23). The molecule has 1 aromatic heterocycles. The topological polar surface area (TPSA) is 55.1 Å². The van der Waals surface area contributed by atoms with Crippen molar-refractivity contribution in [1.29, 1.82) is 0 Å². The number of hydrogen-bond acceptors (Lipinski definition) is 2. The second kappa shape index (κ2) is 6.44. The van der Waals surface area contributed by atoms with Crippen molar-refractivity contribution in [1.82, 2.24) is 9.55 Å². The second-order valence-corrected chi connectivity index (χ2v) is 5.85. The van der Waals surface area contributed by atoms with Crippen molar-refractivity contribution in [2.45, 2.75) is 6.54 Å². The maximum atomic E-state index is 11.1. The van der Waals surface area contributed by atoms with Crippen LogP contribution >= 0.6 is 23.2 Å². The van der Waals surface area contributed by atoms with Crippen molar-refractivity contribution in [3.63, 3.8) is 0 Å². The Labute approximate surface area is 142 Å². The third kappa shape index (κ3) is 3.38. The number of hydrogen-bond donors (Lipinski definition) is 1. The zero-order valence-corrected chi connectivity index (χ0v) is 13.4. The van der Waals surface area contributed by atoms with Gasteiger partial charge in [-0.1, -0.05) is 35.3 Å². The maximum Gasteiger partial charge on any atom is 0.335 e. The highest BCUT2D eigenvalue weighted by atomic mass is 35.5. The van der Waals surface area contributed by atoms with Gasteiger partial charge in [0.15, 0.2) is 0 Å². The lowest BCUT2D eigenvalue weighted by Gasteiger charge is -2.10. The fourth-order valence-electron chi connectivity index (χ4n) is 2.35. The maximum absolute atomic E-state index is 11.1. The van der Waals surface area contributed by atoms with Crippen LogP contribution in [0.5, 0.6) is 0 Å². The fourth-order valence-corrected chi connectivity index (χ4v) is 2.84. The summed E-state index contributed by atoms with van der Waals surface area (Å²) in [5, 5.41) is 10.2. The molecule has 1 N–H and O–H groups in total. The van der Waals surface area contributed by atoms with E-state index in [9.17, 15) is 4.79 Å². The smallest absolute Gasteiger partial charge is 0.335 e. The Hall–Kier alpha value is -2.30. The molecular formula is C17H12Cl2N2O2. The van der Waals surface area contributed by atoms with E-state index in [0.717, 1.165) is 11.1 Å². The molecule has 0 unspecified atom stereocenters. The first-order valence-electron chi connectivity index (χ1n) is 6.83. The highest BCUT2D eigenvalue weighted by Gasteiger charge is 2.11. The summed E-state index contributed by atoms with van der Waals surface area (Å²) < 4.78 is 1.91. The van der Waals surface area contributed by atoms with Crippen LogP contribution in [0.15, 0.2) is 54.9 Å². The third-order valence-electron chi connectivity index (χ3n) is 3.41. The van der Waals surface area contributed by atoms with Crippen molar-refractivity contribution >= 4 is 29.2 Å². The van der Waals surface area contributed by atoms with Crippen molar-refractivity contribution < 1.29 is 9.90 Å². The van der Waals surface area contributed by atoms with Crippen molar-refractivity contribution in [2.75, 3.05) is 0 Å². The number of carboxylic acids is 1. The van der Waals surface area contributed by atoms with Crippen molar-refractivity contribution in [2.24, 2.45) is 0 Å². The number of nitrogens with zero attached hydrogens (tertiary/aromatic N) is 2. The number of rotatable bonds is 4. The lowest BCUT2D eigenvalue weighted by Crippen LogP contribution is -2.03. The second-order valence-electron chi connectivity index (χ2n) is 5.01. The minimum absolute atomic E-state index is 0.258. The molecule has 0 fully saturated rings. The number of carboxylic acid groups (broad SMARTS) is 1. The summed E-state index contributed by atoms with van der Waals surface area (Å²) in [4.78, 5) is 15.4. The van der Waals surface area contributed by atoms with Crippen LogP contribution < -0.4 is 0 Å². The summed E-state index contributed by atoms with van der Waals surface area (Å²) in [6.07, 6.45) is 3.51. The molecule has 0 saturated carbocycles. The van der Waals surface area contributed by atoms with E-state index in [0.29, 0.717) is 22.4 Å². The fraction of sp³-hybridized carbons (Fsp3) is 0.0588. The zero-order chi connectivity index (χ0) is 16.4. The molecule has 3 aromatic rings. The summed E-state index contributed by atoms with van der Waals surface area (Å²) >= 11 is 12.2. The van der Waals surface area contributed by atoms with Gasteiger partial charge in [0.2, 0.25) is 0 Å². The van der Waals surface area contributed by atoms with Gasteiger partial charge in [-0.15, -0.1) is 0 Å². The minimum atomic E-state index is -0.946. The quantitative estimate of drug-likeness (QED) is 0.750. The Morgan fingerprint density at radius 3 is 2.74 bits per heavy atom. The van der Waals surface area contributed by atoms with Crippen LogP contribution in [0.2, 0.25) is 10.0 Å². The number of halogens is 2. The van der Waals surface area contributed by atoms with Crippen LogP contribution in [0.25, 0.3) is 11.4 Å². The number of aromatic carboxylic acids is 1. The third-order valence-corrected chi connectivity index (χ3v) is 3.96. The lowest BCUT2D eigenvalue weighted by molar-refractivity contribution is 0.0696. The molecule has 1 heterocycles. The van der Waals surface area contributed by atoms with Gasteiger partial charge in [0.25, 0.3) is 0 Å². The van der Waals surface area contributed by atoms with E-state index in [1.165, 1.54) is 0 Å². The molecule has 0 aliphatic rings. The first-order valence-corrected chi connectivity index (χ1v) is 7.59. The van der Waals surface area contributed by atoms with Crippen LogP contribution in [-0.4, -0.2) is 20.6 Å². The molecule has 0 bridgehead atoms. The first-order chi connectivity index (χ1) is 11.0. The average Bonchev–Trinajstić information content (AvgIpc) is 2.95. The van der Waals surface area contributed by atoms with Gasteiger partial charge >= 0.3 is 5.97 Å². The highest BCUT2D eigenvalue weighted by molar-refractivity contribution is 6.36. The Morgan fingerprint density at radius 2 is 2.00 bits per heavy atom. The SMILES string of the molecule is O=C(O)c1cccc(Cn2ccnc2-c2ccc(Cl)cc2Cl)c1. The van der Waals surface area contributed by atoms with Crippen LogP contribution in [0.3, 0.4) is 0 Å². The van der Waals surface area contributed by atoms with Gasteiger partial charge in [-0.2, -0.15) is 0 Å². The summed E-state index contributed by atoms with van der Waals surface area (Å²) in [7, 11) is 0. The molecule has 116 valence electrons. The van der Waals surface area contributed by atoms with Gasteiger partial charge in [0.05, 0.1) is 10.6 Å². The summed E-state index contributed by atoms with van der Waals surface area (Å²) in [5.41, 5.74) is 1.90. The van der Waals surface area contributed by atoms with Gasteiger partial charge in [-0.05, 0) is 35.9 Å². The van der Waals surface area contributed by atoms with Crippen LogP contribution in [-0.2, 0) is 6.54 Å². The monoisotopic (exact) mass is 346 g/mol. The predicted octanol–water partition coefficient (Wildman–Crippen LogP) is 4.60. The summed E-state index contributed by atoms with van der Waals surface area (Å²) in [6.45, 7) is 0.495. The number of imidazole rings is 1. The molecule has 6 heteroatoms. The molecule has 0 atom stereocenters. The van der Waals surface area contributed by atoms with E-state index in [1.807, 2.05) is 22.9 Å². The Kier molecular flexibility index (Phi) is 4.37. The van der Waals surface area contributed by atoms with Gasteiger partial charge < -0.3 is 9.67 Å². The number of benzene rings is 2. The Balaban J connectivity index is 1.95. The minimum Gasteiger partial charge on any atom is -0.478 e. The molecule has 0 aliphatic heterocycles.